The van der Waals surface area contributed by atoms with Crippen LogP contribution in [0.25, 0.3) is 5.69 Å². The van der Waals surface area contributed by atoms with Gasteiger partial charge in [0.05, 0.1) is 5.69 Å². The molecule has 1 atom stereocenters. The van der Waals surface area contributed by atoms with Crippen LogP contribution >= 0.6 is 0 Å². The van der Waals surface area contributed by atoms with Crippen molar-refractivity contribution < 1.29 is 4.79 Å². The lowest BCUT2D eigenvalue weighted by Crippen LogP contribution is -2.52. The van der Waals surface area contributed by atoms with Gasteiger partial charge in [-0.05, 0) is 42.1 Å². The fraction of sp³-hybridized carbons (Fsp3) is 0.529. The first-order valence-corrected chi connectivity index (χ1v) is 8.75. The molecule has 1 saturated heterocycles. The molecule has 0 radical (unpaired) electrons. The molecule has 8 nitrogen and oxygen atoms in total. The van der Waals surface area contributed by atoms with E-state index < -0.39 is 0 Å². The molecule has 0 bridgehead atoms. The standard InChI is InChI=1S/C17H25N7O/c1-3-22-7-9-23(10-8-22)14(2)12-18-17(25)15-5-4-6-16(11-15)24-13-19-20-21-24/h4-6,11,13-14H,3,7-10,12H2,1-2H3,(H,18,25). The Bertz CT molecular complexity index is 680. The number of hydrogen-bond donors (Lipinski definition) is 1. The minimum absolute atomic E-state index is 0.0750. The van der Waals surface area contributed by atoms with E-state index in [0.717, 1.165) is 38.4 Å². The van der Waals surface area contributed by atoms with Crippen LogP contribution in [0, 0.1) is 0 Å². The molecule has 1 unspecified atom stereocenters. The molecule has 2 heterocycles. The lowest BCUT2D eigenvalue weighted by Gasteiger charge is -2.37. The van der Waals surface area contributed by atoms with Crippen LogP contribution in [0.5, 0.6) is 0 Å². The van der Waals surface area contributed by atoms with Crippen LogP contribution in [0.2, 0.25) is 0 Å². The van der Waals surface area contributed by atoms with E-state index in [0.29, 0.717) is 18.2 Å². The van der Waals surface area contributed by atoms with E-state index >= 15 is 0 Å². The molecular formula is C17H25N7O. The van der Waals surface area contributed by atoms with Crippen molar-refractivity contribution in [2.24, 2.45) is 0 Å². The minimum Gasteiger partial charge on any atom is -0.350 e. The van der Waals surface area contributed by atoms with Crippen LogP contribution in [0.1, 0.15) is 24.2 Å². The number of piperazine rings is 1. The minimum atomic E-state index is -0.0750. The van der Waals surface area contributed by atoms with E-state index in [2.05, 4.69) is 44.5 Å². The Kier molecular flexibility index (Phi) is 5.72. The monoisotopic (exact) mass is 343 g/mol. The summed E-state index contributed by atoms with van der Waals surface area (Å²) in [6.45, 7) is 10.4. The number of benzene rings is 1. The van der Waals surface area contributed by atoms with Crippen LogP contribution in [0.4, 0.5) is 0 Å². The van der Waals surface area contributed by atoms with Crippen molar-refractivity contribution >= 4 is 5.91 Å². The predicted molar refractivity (Wildman–Crippen MR) is 94.6 cm³/mol. The molecule has 0 spiro atoms. The van der Waals surface area contributed by atoms with Gasteiger partial charge in [0.15, 0.2) is 0 Å². The van der Waals surface area contributed by atoms with Crippen molar-refractivity contribution in [2.75, 3.05) is 39.3 Å². The number of amides is 1. The summed E-state index contributed by atoms with van der Waals surface area (Å²) in [7, 11) is 0. The fourth-order valence-corrected chi connectivity index (χ4v) is 3.06. The van der Waals surface area contributed by atoms with Crippen molar-refractivity contribution in [3.63, 3.8) is 0 Å². The number of likely N-dealkylation sites (N-methyl/N-ethyl adjacent to an activating group) is 1. The number of nitrogens with one attached hydrogen (secondary N) is 1. The maximum absolute atomic E-state index is 12.5. The molecule has 1 aromatic carbocycles. The highest BCUT2D eigenvalue weighted by Gasteiger charge is 2.20. The highest BCUT2D eigenvalue weighted by molar-refractivity contribution is 5.94. The number of rotatable bonds is 6. The number of carbonyl (C=O) groups excluding carboxylic acids is 1. The van der Waals surface area contributed by atoms with E-state index in [-0.39, 0.29) is 5.91 Å². The van der Waals surface area contributed by atoms with E-state index in [1.165, 1.54) is 11.0 Å². The fourth-order valence-electron chi connectivity index (χ4n) is 3.06. The molecule has 0 saturated carbocycles. The second-order valence-electron chi connectivity index (χ2n) is 6.33. The molecule has 1 fully saturated rings. The van der Waals surface area contributed by atoms with Gasteiger partial charge in [0.25, 0.3) is 5.91 Å². The molecule has 1 aromatic heterocycles. The average Bonchev–Trinajstić information content (AvgIpc) is 3.21. The van der Waals surface area contributed by atoms with Gasteiger partial charge in [-0.25, -0.2) is 4.68 Å². The summed E-state index contributed by atoms with van der Waals surface area (Å²) < 4.78 is 1.53. The predicted octanol–water partition coefficient (Wildman–Crippen LogP) is 0.418. The largest absolute Gasteiger partial charge is 0.350 e. The van der Waals surface area contributed by atoms with Crippen molar-refractivity contribution in [3.8, 4) is 5.69 Å². The zero-order valence-corrected chi connectivity index (χ0v) is 14.8. The molecule has 0 aliphatic carbocycles. The molecule has 25 heavy (non-hydrogen) atoms. The zero-order chi connectivity index (χ0) is 17.6. The summed E-state index contributed by atoms with van der Waals surface area (Å²) in [4.78, 5) is 17.3. The second kappa shape index (κ2) is 8.17. The molecule has 3 rings (SSSR count). The first kappa shape index (κ1) is 17.5. The van der Waals surface area contributed by atoms with Crippen LogP contribution in [0.15, 0.2) is 30.6 Å². The average molecular weight is 343 g/mol. The smallest absolute Gasteiger partial charge is 0.251 e. The maximum atomic E-state index is 12.5. The quantitative estimate of drug-likeness (QED) is 0.819. The molecule has 2 aromatic rings. The molecule has 1 amide bonds. The Morgan fingerprint density at radius 3 is 2.76 bits per heavy atom. The van der Waals surface area contributed by atoms with Gasteiger partial charge >= 0.3 is 0 Å². The van der Waals surface area contributed by atoms with Crippen LogP contribution in [-0.4, -0.2) is 81.2 Å². The Balaban J connectivity index is 1.53. The molecule has 134 valence electrons. The lowest BCUT2D eigenvalue weighted by molar-refractivity contribution is 0.0883. The van der Waals surface area contributed by atoms with Crippen molar-refractivity contribution in [1.82, 2.24) is 35.3 Å². The summed E-state index contributed by atoms with van der Waals surface area (Å²) >= 11 is 0. The SMILES string of the molecule is CCN1CCN(C(C)CNC(=O)c2cccc(-n3cnnn3)c2)CC1. The lowest BCUT2D eigenvalue weighted by atomic mass is 10.1. The van der Waals surface area contributed by atoms with Gasteiger partial charge in [-0.1, -0.05) is 13.0 Å². The van der Waals surface area contributed by atoms with Crippen LogP contribution in [-0.2, 0) is 0 Å². The third-order valence-corrected chi connectivity index (χ3v) is 4.76. The summed E-state index contributed by atoms with van der Waals surface area (Å²) in [6.07, 6.45) is 1.51. The van der Waals surface area contributed by atoms with Gasteiger partial charge in [0.2, 0.25) is 0 Å². The maximum Gasteiger partial charge on any atom is 0.251 e. The topological polar surface area (TPSA) is 79.2 Å². The molecule has 1 aliphatic heterocycles. The summed E-state index contributed by atoms with van der Waals surface area (Å²) in [5.41, 5.74) is 1.37. The van der Waals surface area contributed by atoms with Gasteiger partial charge in [-0.2, -0.15) is 0 Å². The normalized spacial score (nSPS) is 17.4. The van der Waals surface area contributed by atoms with Gasteiger partial charge in [-0.15, -0.1) is 5.10 Å². The number of carbonyl (C=O) groups is 1. The Morgan fingerprint density at radius 1 is 1.28 bits per heavy atom. The summed E-state index contributed by atoms with van der Waals surface area (Å²) in [5, 5.41) is 14.1. The number of tetrazole rings is 1. The molecule has 8 heteroatoms. The number of hydrogen-bond acceptors (Lipinski definition) is 6. The third kappa shape index (κ3) is 4.40. The number of nitrogens with zero attached hydrogens (tertiary/aromatic N) is 6. The third-order valence-electron chi connectivity index (χ3n) is 4.76. The van der Waals surface area contributed by atoms with Crippen LogP contribution in [0.3, 0.4) is 0 Å². The Hall–Kier alpha value is -2.32. The summed E-state index contributed by atoms with van der Waals surface area (Å²) in [5.74, 6) is -0.0750. The van der Waals surface area contributed by atoms with Gasteiger partial charge in [0.1, 0.15) is 6.33 Å². The van der Waals surface area contributed by atoms with E-state index in [1.807, 2.05) is 12.1 Å². The second-order valence-corrected chi connectivity index (χ2v) is 6.33. The Labute approximate surface area is 147 Å². The van der Waals surface area contributed by atoms with E-state index in [1.54, 1.807) is 12.1 Å². The van der Waals surface area contributed by atoms with E-state index in [4.69, 9.17) is 0 Å². The van der Waals surface area contributed by atoms with Crippen molar-refractivity contribution in [1.29, 1.82) is 0 Å². The van der Waals surface area contributed by atoms with Gasteiger partial charge < -0.3 is 10.2 Å². The first-order valence-electron chi connectivity index (χ1n) is 8.75. The highest BCUT2D eigenvalue weighted by atomic mass is 16.1. The Morgan fingerprint density at radius 2 is 2.08 bits per heavy atom. The van der Waals surface area contributed by atoms with E-state index in [9.17, 15) is 4.79 Å². The molecule has 1 N–H and O–H groups in total. The number of aromatic nitrogens is 4. The van der Waals surface area contributed by atoms with Gasteiger partial charge in [-0.3, -0.25) is 9.69 Å². The molecule has 1 aliphatic rings. The van der Waals surface area contributed by atoms with Crippen LogP contribution < -0.4 is 5.32 Å². The van der Waals surface area contributed by atoms with Crippen molar-refractivity contribution in [3.05, 3.63) is 36.2 Å². The first-order chi connectivity index (χ1) is 12.2. The highest BCUT2D eigenvalue weighted by Crippen LogP contribution is 2.09. The van der Waals surface area contributed by atoms with Gasteiger partial charge in [0, 0.05) is 44.3 Å². The molecular weight excluding hydrogens is 318 g/mol. The summed E-state index contributed by atoms with van der Waals surface area (Å²) in [6, 6.07) is 7.61. The van der Waals surface area contributed by atoms with Crippen molar-refractivity contribution in [2.45, 2.75) is 19.9 Å². The zero-order valence-electron chi connectivity index (χ0n) is 14.8.